The summed E-state index contributed by atoms with van der Waals surface area (Å²) in [7, 11) is -3.16. The standard InChI is InChI=1S/C19H23N3O6S/c1-2-21(13-7-10-29(26,27)12-13)16(23)11-22-17(24)19(20-18(22)25)8-9-28-15-6-4-3-5-14(15)19/h3-6,13H,2,7-12H2,1H3,(H,20,25)/t13-,19+/m1/s1. The molecule has 1 N–H and O–H groups in total. The van der Waals surface area contributed by atoms with Crippen LogP contribution < -0.4 is 10.1 Å². The van der Waals surface area contributed by atoms with Crippen LogP contribution in [0.25, 0.3) is 0 Å². The second-order valence-corrected chi connectivity index (χ2v) is 9.79. The van der Waals surface area contributed by atoms with E-state index in [9.17, 15) is 22.8 Å². The van der Waals surface area contributed by atoms with Gasteiger partial charge in [0.25, 0.3) is 5.91 Å². The molecule has 2 atom stereocenters. The zero-order valence-electron chi connectivity index (χ0n) is 16.1. The van der Waals surface area contributed by atoms with E-state index in [1.165, 1.54) is 4.90 Å². The van der Waals surface area contributed by atoms with Gasteiger partial charge in [0.1, 0.15) is 12.3 Å². The average molecular weight is 421 g/mol. The molecule has 1 aromatic rings. The van der Waals surface area contributed by atoms with Gasteiger partial charge in [0.05, 0.1) is 18.1 Å². The first-order valence-corrected chi connectivity index (χ1v) is 11.5. The third-order valence-electron chi connectivity index (χ3n) is 5.86. The Labute approximate surface area is 168 Å². The molecule has 2 saturated heterocycles. The van der Waals surface area contributed by atoms with Gasteiger partial charge in [-0.25, -0.2) is 13.2 Å². The number of carbonyl (C=O) groups excluding carboxylic acids is 3. The third-order valence-corrected chi connectivity index (χ3v) is 7.61. The van der Waals surface area contributed by atoms with E-state index in [1.54, 1.807) is 31.2 Å². The molecule has 1 spiro atoms. The van der Waals surface area contributed by atoms with Crippen molar-refractivity contribution in [3.63, 3.8) is 0 Å². The van der Waals surface area contributed by atoms with Crippen LogP contribution in [0.2, 0.25) is 0 Å². The molecular weight excluding hydrogens is 398 g/mol. The van der Waals surface area contributed by atoms with E-state index in [0.29, 0.717) is 24.3 Å². The second-order valence-electron chi connectivity index (χ2n) is 7.56. The molecule has 0 saturated carbocycles. The monoisotopic (exact) mass is 421 g/mol. The van der Waals surface area contributed by atoms with Crippen LogP contribution in [0.4, 0.5) is 4.79 Å². The summed E-state index contributed by atoms with van der Waals surface area (Å²) in [6.07, 6.45) is 0.647. The lowest BCUT2D eigenvalue weighted by molar-refractivity contribution is -0.140. The van der Waals surface area contributed by atoms with Gasteiger partial charge in [-0.3, -0.25) is 14.5 Å². The largest absolute Gasteiger partial charge is 0.493 e. The SMILES string of the molecule is CCN(C(=O)CN1C(=O)N[C@]2(CCOc3ccccc32)C1=O)[C@@H]1CCS(=O)(=O)C1. The molecule has 0 aromatic heterocycles. The van der Waals surface area contributed by atoms with Gasteiger partial charge in [-0.2, -0.15) is 0 Å². The summed E-state index contributed by atoms with van der Waals surface area (Å²) in [5.41, 5.74) is -0.659. The number of nitrogens with zero attached hydrogens (tertiary/aromatic N) is 2. The molecule has 0 aliphatic carbocycles. The minimum Gasteiger partial charge on any atom is -0.493 e. The number of urea groups is 1. The van der Waals surface area contributed by atoms with Crippen molar-refractivity contribution in [3.05, 3.63) is 29.8 Å². The van der Waals surface area contributed by atoms with Crippen molar-refractivity contribution < 1.29 is 27.5 Å². The first kappa shape index (κ1) is 19.7. The Morgan fingerprint density at radius 3 is 2.79 bits per heavy atom. The lowest BCUT2D eigenvalue weighted by Crippen LogP contribution is -2.49. The number of carbonyl (C=O) groups is 3. The number of likely N-dealkylation sites (N-methyl/N-ethyl adjacent to an activating group) is 1. The zero-order valence-corrected chi connectivity index (χ0v) is 16.9. The van der Waals surface area contributed by atoms with E-state index in [-0.39, 0.29) is 24.5 Å². The van der Waals surface area contributed by atoms with Gasteiger partial charge >= 0.3 is 6.03 Å². The Morgan fingerprint density at radius 1 is 1.34 bits per heavy atom. The van der Waals surface area contributed by atoms with Crippen molar-refractivity contribution >= 4 is 27.7 Å². The topological polar surface area (TPSA) is 113 Å². The minimum atomic E-state index is -3.16. The molecule has 10 heteroatoms. The highest BCUT2D eigenvalue weighted by Gasteiger charge is 2.55. The van der Waals surface area contributed by atoms with E-state index in [2.05, 4.69) is 5.32 Å². The van der Waals surface area contributed by atoms with Crippen molar-refractivity contribution in [2.24, 2.45) is 0 Å². The number of benzene rings is 1. The summed E-state index contributed by atoms with van der Waals surface area (Å²) in [6, 6.07) is 5.98. The van der Waals surface area contributed by atoms with E-state index < -0.39 is 45.8 Å². The number of para-hydroxylation sites is 1. The van der Waals surface area contributed by atoms with E-state index in [0.717, 1.165) is 4.90 Å². The van der Waals surface area contributed by atoms with Gasteiger partial charge in [-0.05, 0) is 19.4 Å². The van der Waals surface area contributed by atoms with E-state index in [4.69, 9.17) is 4.74 Å². The number of amides is 4. The van der Waals surface area contributed by atoms with Crippen LogP contribution in [-0.2, 0) is 25.0 Å². The molecular formula is C19H23N3O6S. The highest BCUT2D eigenvalue weighted by atomic mass is 32.2. The van der Waals surface area contributed by atoms with Crippen LogP contribution >= 0.6 is 0 Å². The summed E-state index contributed by atoms with van der Waals surface area (Å²) < 4.78 is 29.1. The van der Waals surface area contributed by atoms with Gasteiger partial charge in [-0.1, -0.05) is 18.2 Å². The molecule has 9 nitrogen and oxygen atoms in total. The smallest absolute Gasteiger partial charge is 0.325 e. The van der Waals surface area contributed by atoms with Crippen molar-refractivity contribution in [3.8, 4) is 5.75 Å². The number of nitrogens with one attached hydrogen (secondary N) is 1. The summed E-state index contributed by atoms with van der Waals surface area (Å²) in [6.45, 7) is 1.92. The summed E-state index contributed by atoms with van der Waals surface area (Å²) >= 11 is 0. The Hall–Kier alpha value is -2.62. The number of fused-ring (bicyclic) bond motifs is 2. The number of ether oxygens (including phenoxy) is 1. The molecule has 156 valence electrons. The van der Waals surface area contributed by atoms with Crippen molar-refractivity contribution in [1.82, 2.24) is 15.1 Å². The lowest BCUT2D eigenvalue weighted by atomic mass is 9.84. The summed E-state index contributed by atoms with van der Waals surface area (Å²) in [4.78, 5) is 41.1. The Kier molecular flexibility index (Phi) is 4.76. The highest BCUT2D eigenvalue weighted by molar-refractivity contribution is 7.91. The fourth-order valence-electron chi connectivity index (χ4n) is 4.40. The maximum atomic E-state index is 13.2. The van der Waals surface area contributed by atoms with Crippen LogP contribution in [0, 0.1) is 0 Å². The third kappa shape index (κ3) is 3.25. The Balaban J connectivity index is 1.55. The number of sulfone groups is 1. The first-order valence-electron chi connectivity index (χ1n) is 9.64. The minimum absolute atomic E-state index is 0.0461. The fraction of sp³-hybridized carbons (Fsp3) is 0.526. The molecule has 3 aliphatic heterocycles. The molecule has 3 aliphatic rings. The van der Waals surface area contributed by atoms with Gasteiger partial charge in [0, 0.05) is 24.6 Å². The quantitative estimate of drug-likeness (QED) is 0.698. The molecule has 0 unspecified atom stereocenters. The van der Waals surface area contributed by atoms with E-state index in [1.807, 2.05) is 0 Å². The number of rotatable bonds is 4. The van der Waals surface area contributed by atoms with E-state index >= 15 is 0 Å². The molecule has 0 radical (unpaired) electrons. The number of imide groups is 1. The van der Waals surface area contributed by atoms with Crippen LogP contribution in [0.1, 0.15) is 25.3 Å². The van der Waals surface area contributed by atoms with Gasteiger partial charge < -0.3 is 15.0 Å². The molecule has 0 bridgehead atoms. The molecule has 29 heavy (non-hydrogen) atoms. The molecule has 1 aromatic carbocycles. The van der Waals surface area contributed by atoms with Crippen molar-refractivity contribution in [1.29, 1.82) is 0 Å². The molecule has 2 fully saturated rings. The Morgan fingerprint density at radius 2 is 2.10 bits per heavy atom. The molecule has 3 heterocycles. The summed E-state index contributed by atoms with van der Waals surface area (Å²) in [5.74, 6) is -0.421. The molecule has 4 amide bonds. The highest BCUT2D eigenvalue weighted by Crippen LogP contribution is 2.40. The van der Waals surface area contributed by atoms with Gasteiger partial charge in [-0.15, -0.1) is 0 Å². The van der Waals surface area contributed by atoms with Crippen LogP contribution in [0.15, 0.2) is 24.3 Å². The van der Waals surface area contributed by atoms with Crippen LogP contribution in [-0.4, -0.2) is 73.3 Å². The van der Waals surface area contributed by atoms with Crippen molar-refractivity contribution in [2.45, 2.75) is 31.3 Å². The Bertz CT molecular complexity index is 978. The predicted octanol–water partition coefficient (Wildman–Crippen LogP) is 0.252. The number of hydrogen-bond donors (Lipinski definition) is 1. The van der Waals surface area contributed by atoms with Crippen LogP contribution in [0.3, 0.4) is 0 Å². The fourth-order valence-corrected chi connectivity index (χ4v) is 6.13. The zero-order chi connectivity index (χ0) is 20.8. The van der Waals surface area contributed by atoms with Gasteiger partial charge in [0.2, 0.25) is 5.91 Å². The van der Waals surface area contributed by atoms with Crippen molar-refractivity contribution in [2.75, 3.05) is 31.2 Å². The number of hydrogen-bond acceptors (Lipinski definition) is 6. The van der Waals surface area contributed by atoms with Gasteiger partial charge in [0.15, 0.2) is 15.4 Å². The van der Waals surface area contributed by atoms with Crippen LogP contribution in [0.5, 0.6) is 5.75 Å². The lowest BCUT2D eigenvalue weighted by Gasteiger charge is -2.33. The summed E-state index contributed by atoms with van der Waals surface area (Å²) in [5, 5.41) is 2.76. The molecule has 4 rings (SSSR count). The normalized spacial score (nSPS) is 27.5. The maximum Gasteiger partial charge on any atom is 0.325 e. The maximum absolute atomic E-state index is 13.2. The predicted molar refractivity (Wildman–Crippen MR) is 103 cm³/mol. The average Bonchev–Trinajstić information content (AvgIpc) is 3.15. The second kappa shape index (κ2) is 7.01. The first-order chi connectivity index (χ1) is 13.8.